The van der Waals surface area contributed by atoms with Crippen molar-refractivity contribution in [2.75, 3.05) is 0 Å². The van der Waals surface area contributed by atoms with Crippen molar-refractivity contribution >= 4 is 29.0 Å². The van der Waals surface area contributed by atoms with E-state index in [1.807, 2.05) is 44.2 Å². The van der Waals surface area contributed by atoms with Crippen LogP contribution in [0.3, 0.4) is 0 Å². The summed E-state index contributed by atoms with van der Waals surface area (Å²) in [4.78, 5) is 12.4. The van der Waals surface area contributed by atoms with Gasteiger partial charge in [-0.05, 0) is 36.6 Å². The monoisotopic (exact) mass is 292 g/mol. The van der Waals surface area contributed by atoms with Crippen LogP contribution in [0.15, 0.2) is 36.4 Å². The Kier molecular flexibility index (Phi) is 4.28. The zero-order chi connectivity index (χ0) is 14.0. The van der Waals surface area contributed by atoms with Gasteiger partial charge >= 0.3 is 0 Å². The third-order valence-corrected chi connectivity index (χ3v) is 4.00. The summed E-state index contributed by atoms with van der Waals surface area (Å²) >= 11 is 12.1. The van der Waals surface area contributed by atoms with E-state index in [0.29, 0.717) is 10.0 Å². The highest BCUT2D eigenvalue weighted by Gasteiger charge is 2.14. The van der Waals surface area contributed by atoms with E-state index in [-0.39, 0.29) is 12.2 Å². The van der Waals surface area contributed by atoms with Crippen molar-refractivity contribution < 1.29 is 4.79 Å². The summed E-state index contributed by atoms with van der Waals surface area (Å²) in [5.74, 6) is 0.0692. The number of carbonyl (C=O) groups excluding carboxylic acids is 1. The first-order valence-corrected chi connectivity index (χ1v) is 6.78. The summed E-state index contributed by atoms with van der Waals surface area (Å²) in [7, 11) is 0. The normalized spacial score (nSPS) is 10.5. The lowest BCUT2D eigenvalue weighted by atomic mass is 9.95. The SMILES string of the molecule is Cc1cccc(C)c1C(=O)Cc1cccc(Cl)c1Cl. The minimum Gasteiger partial charge on any atom is -0.294 e. The fourth-order valence-corrected chi connectivity index (χ4v) is 2.59. The molecule has 0 aliphatic heterocycles. The summed E-state index contributed by atoms with van der Waals surface area (Å²) < 4.78 is 0. The van der Waals surface area contributed by atoms with E-state index in [9.17, 15) is 4.79 Å². The first-order chi connectivity index (χ1) is 9.00. The highest BCUT2D eigenvalue weighted by Crippen LogP contribution is 2.27. The minimum atomic E-state index is 0.0692. The van der Waals surface area contributed by atoms with Crippen molar-refractivity contribution in [2.45, 2.75) is 20.3 Å². The van der Waals surface area contributed by atoms with Crippen LogP contribution in [0, 0.1) is 13.8 Å². The molecule has 0 bridgehead atoms. The largest absolute Gasteiger partial charge is 0.294 e. The van der Waals surface area contributed by atoms with E-state index in [0.717, 1.165) is 22.3 Å². The molecule has 0 radical (unpaired) electrons. The predicted molar refractivity (Wildman–Crippen MR) is 80.4 cm³/mol. The highest BCUT2D eigenvalue weighted by molar-refractivity contribution is 6.42. The number of halogens is 2. The van der Waals surface area contributed by atoms with Gasteiger partial charge in [-0.2, -0.15) is 0 Å². The molecule has 0 unspecified atom stereocenters. The van der Waals surface area contributed by atoms with E-state index in [2.05, 4.69) is 0 Å². The topological polar surface area (TPSA) is 17.1 Å². The predicted octanol–water partition coefficient (Wildman–Crippen LogP) is 5.04. The van der Waals surface area contributed by atoms with Crippen LogP contribution < -0.4 is 0 Å². The van der Waals surface area contributed by atoms with Gasteiger partial charge in [0.2, 0.25) is 0 Å². The number of ketones is 1. The van der Waals surface area contributed by atoms with Crippen LogP contribution in [0.2, 0.25) is 10.0 Å². The maximum Gasteiger partial charge on any atom is 0.167 e. The molecule has 0 heterocycles. The number of rotatable bonds is 3. The fraction of sp³-hybridized carbons (Fsp3) is 0.188. The van der Waals surface area contributed by atoms with Crippen molar-refractivity contribution in [3.05, 3.63) is 68.7 Å². The zero-order valence-electron chi connectivity index (χ0n) is 10.8. The number of carbonyl (C=O) groups is 1. The van der Waals surface area contributed by atoms with Gasteiger partial charge in [0.05, 0.1) is 10.0 Å². The van der Waals surface area contributed by atoms with Gasteiger partial charge in [0, 0.05) is 12.0 Å². The molecule has 0 N–H and O–H groups in total. The second-order valence-electron chi connectivity index (χ2n) is 4.58. The third kappa shape index (κ3) is 2.99. The summed E-state index contributed by atoms with van der Waals surface area (Å²) in [6.45, 7) is 3.89. The van der Waals surface area contributed by atoms with Crippen molar-refractivity contribution in [1.29, 1.82) is 0 Å². The second kappa shape index (κ2) is 5.77. The molecule has 2 aromatic carbocycles. The van der Waals surface area contributed by atoms with E-state index in [4.69, 9.17) is 23.2 Å². The molecule has 0 atom stereocenters. The van der Waals surface area contributed by atoms with Crippen molar-refractivity contribution in [3.63, 3.8) is 0 Å². The molecule has 0 aromatic heterocycles. The molecule has 0 saturated carbocycles. The Morgan fingerprint density at radius 3 is 2.21 bits per heavy atom. The second-order valence-corrected chi connectivity index (χ2v) is 5.36. The lowest BCUT2D eigenvalue weighted by Crippen LogP contribution is -2.08. The average Bonchev–Trinajstić information content (AvgIpc) is 2.35. The molecule has 0 saturated heterocycles. The van der Waals surface area contributed by atoms with E-state index < -0.39 is 0 Å². The fourth-order valence-electron chi connectivity index (χ4n) is 2.20. The van der Waals surface area contributed by atoms with Crippen LogP contribution in [-0.4, -0.2) is 5.78 Å². The van der Waals surface area contributed by atoms with Gasteiger partial charge in [-0.15, -0.1) is 0 Å². The van der Waals surface area contributed by atoms with Crippen LogP contribution in [0.25, 0.3) is 0 Å². The first kappa shape index (κ1) is 14.1. The molecule has 2 rings (SSSR count). The van der Waals surface area contributed by atoms with Gasteiger partial charge in [-0.3, -0.25) is 4.79 Å². The lowest BCUT2D eigenvalue weighted by molar-refractivity contribution is 0.0992. The number of Topliss-reactive ketones (excluding diaryl/α,β-unsaturated/α-hetero) is 1. The molecular formula is C16H14Cl2O. The van der Waals surface area contributed by atoms with Gasteiger partial charge in [0.25, 0.3) is 0 Å². The van der Waals surface area contributed by atoms with Crippen molar-refractivity contribution in [3.8, 4) is 0 Å². The van der Waals surface area contributed by atoms with Crippen LogP contribution in [-0.2, 0) is 6.42 Å². The molecule has 0 fully saturated rings. The lowest BCUT2D eigenvalue weighted by Gasteiger charge is -2.10. The summed E-state index contributed by atoms with van der Waals surface area (Å²) in [6, 6.07) is 11.2. The molecular weight excluding hydrogens is 279 g/mol. The first-order valence-electron chi connectivity index (χ1n) is 6.03. The van der Waals surface area contributed by atoms with Crippen LogP contribution in [0.1, 0.15) is 27.0 Å². The Bertz CT molecular complexity index is 612. The van der Waals surface area contributed by atoms with Crippen molar-refractivity contribution in [1.82, 2.24) is 0 Å². The molecule has 0 spiro atoms. The van der Waals surface area contributed by atoms with Gasteiger partial charge in [-0.1, -0.05) is 53.5 Å². The molecule has 2 aromatic rings. The molecule has 98 valence electrons. The smallest absolute Gasteiger partial charge is 0.167 e. The van der Waals surface area contributed by atoms with Gasteiger partial charge in [0.15, 0.2) is 5.78 Å². The maximum absolute atomic E-state index is 12.4. The maximum atomic E-state index is 12.4. The van der Waals surface area contributed by atoms with E-state index >= 15 is 0 Å². The quantitative estimate of drug-likeness (QED) is 0.725. The van der Waals surface area contributed by atoms with Gasteiger partial charge < -0.3 is 0 Å². The van der Waals surface area contributed by atoms with E-state index in [1.165, 1.54) is 0 Å². The third-order valence-electron chi connectivity index (χ3n) is 3.14. The molecule has 19 heavy (non-hydrogen) atoms. The Morgan fingerprint density at radius 2 is 1.58 bits per heavy atom. The molecule has 0 aliphatic carbocycles. The molecule has 0 aliphatic rings. The number of benzene rings is 2. The average molecular weight is 293 g/mol. The summed E-state index contributed by atoms with van der Waals surface area (Å²) in [5, 5.41) is 0.942. The standard InChI is InChI=1S/C16H14Cl2O/c1-10-5-3-6-11(2)15(10)14(19)9-12-7-4-8-13(17)16(12)18/h3-8H,9H2,1-2H3. The number of hydrogen-bond donors (Lipinski definition) is 0. The van der Waals surface area contributed by atoms with Gasteiger partial charge in [-0.25, -0.2) is 0 Å². The van der Waals surface area contributed by atoms with Gasteiger partial charge in [0.1, 0.15) is 0 Å². The summed E-state index contributed by atoms with van der Waals surface area (Å²) in [6.07, 6.45) is 0.269. The number of aryl methyl sites for hydroxylation is 2. The Labute approximate surface area is 123 Å². The Balaban J connectivity index is 2.34. The number of hydrogen-bond acceptors (Lipinski definition) is 1. The Hall–Kier alpha value is -1.31. The zero-order valence-corrected chi connectivity index (χ0v) is 12.3. The Morgan fingerprint density at radius 1 is 1.00 bits per heavy atom. The van der Waals surface area contributed by atoms with Crippen molar-refractivity contribution in [2.24, 2.45) is 0 Å². The highest BCUT2D eigenvalue weighted by atomic mass is 35.5. The molecule has 1 nitrogen and oxygen atoms in total. The summed E-state index contributed by atoms with van der Waals surface area (Å²) in [5.41, 5.74) is 3.52. The minimum absolute atomic E-state index is 0.0692. The van der Waals surface area contributed by atoms with Crippen LogP contribution in [0.4, 0.5) is 0 Å². The molecule has 3 heteroatoms. The molecule has 0 amide bonds. The van der Waals surface area contributed by atoms with Crippen LogP contribution >= 0.6 is 23.2 Å². The van der Waals surface area contributed by atoms with E-state index in [1.54, 1.807) is 6.07 Å². The van der Waals surface area contributed by atoms with Crippen LogP contribution in [0.5, 0.6) is 0 Å².